The van der Waals surface area contributed by atoms with E-state index in [4.69, 9.17) is 9.97 Å². The minimum absolute atomic E-state index is 0.835. The summed E-state index contributed by atoms with van der Waals surface area (Å²) < 4.78 is 4.84. The Hall–Kier alpha value is -6.26. The zero-order chi connectivity index (χ0) is 29.9. The largest absolute Gasteiger partial charge is 0.308 e. The van der Waals surface area contributed by atoms with Gasteiger partial charge in [0.25, 0.3) is 0 Å². The highest BCUT2D eigenvalue weighted by Gasteiger charge is 2.26. The number of rotatable bonds is 2. The molecule has 0 amide bonds. The quantitative estimate of drug-likeness (QED) is 0.203. The fraction of sp³-hybridized carbons (Fsp3) is 0. The molecule has 0 atom stereocenters. The van der Waals surface area contributed by atoms with Gasteiger partial charge in [-0.05, 0) is 47.2 Å². The molecule has 0 unspecified atom stereocenters. The van der Waals surface area contributed by atoms with E-state index in [-0.39, 0.29) is 0 Å². The maximum Gasteiger partial charge on any atom is 0.165 e. The van der Waals surface area contributed by atoms with Gasteiger partial charge in [0.15, 0.2) is 5.82 Å². The van der Waals surface area contributed by atoms with Crippen molar-refractivity contribution in [2.45, 2.75) is 0 Å². The van der Waals surface area contributed by atoms with E-state index in [0.29, 0.717) is 0 Å². The molecule has 0 aliphatic heterocycles. The molecule has 0 aliphatic carbocycles. The van der Waals surface area contributed by atoms with Gasteiger partial charge >= 0.3 is 0 Å². The fourth-order valence-electron chi connectivity index (χ4n) is 7.94. The molecule has 4 nitrogen and oxygen atoms in total. The van der Waals surface area contributed by atoms with Crippen LogP contribution in [-0.4, -0.2) is 18.9 Å². The van der Waals surface area contributed by atoms with Crippen LogP contribution in [0.4, 0.5) is 0 Å². The molecule has 4 heterocycles. The lowest BCUT2D eigenvalue weighted by Gasteiger charge is -2.14. The normalized spacial score (nSPS) is 12.3. The summed E-state index contributed by atoms with van der Waals surface area (Å²) in [5.74, 6) is 0.835. The molecule has 0 fully saturated rings. The first-order chi connectivity index (χ1) is 22.8. The van der Waals surface area contributed by atoms with Crippen molar-refractivity contribution in [3.63, 3.8) is 0 Å². The van der Waals surface area contributed by atoms with Crippen LogP contribution in [0, 0.1) is 0 Å². The Labute approximate surface area is 262 Å². The molecule has 0 N–H and O–H groups in total. The Balaban J connectivity index is 1.46. The van der Waals surface area contributed by atoms with Crippen molar-refractivity contribution in [1.82, 2.24) is 18.9 Å². The van der Waals surface area contributed by atoms with Crippen molar-refractivity contribution in [2.75, 3.05) is 0 Å². The van der Waals surface area contributed by atoms with Crippen molar-refractivity contribution in [1.29, 1.82) is 0 Å². The summed E-state index contributed by atoms with van der Waals surface area (Å²) in [5, 5.41) is 10.0. The molecule has 11 aromatic rings. The van der Waals surface area contributed by atoms with Crippen molar-refractivity contribution in [3.05, 3.63) is 146 Å². The Kier molecular flexibility index (Phi) is 4.55. The van der Waals surface area contributed by atoms with E-state index in [1.165, 1.54) is 59.6 Å². The topological polar surface area (TPSA) is 35.1 Å². The Bertz CT molecular complexity index is 3020. The summed E-state index contributed by atoms with van der Waals surface area (Å²) in [5.41, 5.74) is 9.66. The SMILES string of the molecule is c1ccc(-c2nc3ccccc3nc2-n2c3ccc4ccccc4c3c3c4c5ccccc5n5c6ccccc6c(cc32)c45)cc1. The first kappa shape index (κ1) is 24.1. The summed E-state index contributed by atoms with van der Waals surface area (Å²) >= 11 is 0. The Morgan fingerprint density at radius 1 is 0.413 bits per heavy atom. The zero-order valence-corrected chi connectivity index (χ0v) is 24.6. The van der Waals surface area contributed by atoms with Gasteiger partial charge in [0.05, 0.1) is 38.6 Å². The number of fused-ring (bicyclic) bond motifs is 13. The van der Waals surface area contributed by atoms with Crippen LogP contribution in [0.5, 0.6) is 0 Å². The average molecular weight is 585 g/mol. The molecule has 212 valence electrons. The lowest BCUT2D eigenvalue weighted by molar-refractivity contribution is 1.08. The predicted octanol–water partition coefficient (Wildman–Crippen LogP) is 10.7. The van der Waals surface area contributed by atoms with Crippen LogP contribution in [0.15, 0.2) is 146 Å². The zero-order valence-electron chi connectivity index (χ0n) is 24.6. The molecule has 0 saturated heterocycles. The van der Waals surface area contributed by atoms with Crippen LogP contribution >= 0.6 is 0 Å². The molecular weight excluding hydrogens is 560 g/mol. The maximum atomic E-state index is 5.41. The highest BCUT2D eigenvalue weighted by molar-refractivity contribution is 6.38. The van der Waals surface area contributed by atoms with Gasteiger partial charge in [0.1, 0.15) is 5.69 Å². The highest BCUT2D eigenvalue weighted by Crippen LogP contribution is 2.48. The summed E-state index contributed by atoms with van der Waals surface area (Å²) in [7, 11) is 0. The average Bonchev–Trinajstić information content (AvgIpc) is 3.76. The third-order valence-corrected chi connectivity index (χ3v) is 9.80. The maximum absolute atomic E-state index is 5.41. The number of hydrogen-bond acceptors (Lipinski definition) is 2. The molecule has 0 saturated carbocycles. The molecule has 4 aromatic heterocycles. The monoisotopic (exact) mass is 584 g/mol. The van der Waals surface area contributed by atoms with E-state index in [1.807, 2.05) is 18.2 Å². The van der Waals surface area contributed by atoms with Gasteiger partial charge in [0, 0.05) is 37.9 Å². The van der Waals surface area contributed by atoms with E-state index in [1.54, 1.807) is 0 Å². The molecule has 7 aromatic carbocycles. The second kappa shape index (κ2) is 8.68. The van der Waals surface area contributed by atoms with Crippen LogP contribution in [0.1, 0.15) is 0 Å². The van der Waals surface area contributed by atoms with E-state index >= 15 is 0 Å². The van der Waals surface area contributed by atoms with Crippen molar-refractivity contribution in [2.24, 2.45) is 0 Å². The minimum Gasteiger partial charge on any atom is -0.308 e. The predicted molar refractivity (Wildman–Crippen MR) is 191 cm³/mol. The Morgan fingerprint density at radius 3 is 1.89 bits per heavy atom. The van der Waals surface area contributed by atoms with Crippen molar-refractivity contribution < 1.29 is 0 Å². The summed E-state index contributed by atoms with van der Waals surface area (Å²) in [6, 6.07) is 52.0. The molecule has 0 aliphatic rings. The molecule has 46 heavy (non-hydrogen) atoms. The summed E-state index contributed by atoms with van der Waals surface area (Å²) in [6.45, 7) is 0. The molecule has 0 bridgehead atoms. The molecule has 11 rings (SSSR count). The second-order valence-corrected chi connectivity index (χ2v) is 12.2. The van der Waals surface area contributed by atoms with Crippen LogP contribution in [0.25, 0.3) is 98.8 Å². The standard InChI is InChI=1S/C42H24N4/c1-2-13-26(14-3-1)40-42(44-32-19-9-8-18-31(32)43-40)46-35-23-22-25-12-4-5-15-27(25)37(35)39-36(46)24-30-28-16-6-10-20-33(28)45-34-21-11-7-17-29(34)38(39)41(30)45/h1-24H. The third kappa shape index (κ3) is 2.98. The van der Waals surface area contributed by atoms with Crippen LogP contribution in [0.2, 0.25) is 0 Å². The second-order valence-electron chi connectivity index (χ2n) is 12.2. The van der Waals surface area contributed by atoms with E-state index in [0.717, 1.165) is 39.1 Å². The van der Waals surface area contributed by atoms with Gasteiger partial charge in [-0.3, -0.25) is 4.57 Å². The lowest BCUT2D eigenvalue weighted by Crippen LogP contribution is -2.03. The van der Waals surface area contributed by atoms with Gasteiger partial charge in [-0.25, -0.2) is 9.97 Å². The van der Waals surface area contributed by atoms with Crippen LogP contribution < -0.4 is 0 Å². The minimum atomic E-state index is 0.835. The number of nitrogens with zero attached hydrogens (tertiary/aromatic N) is 4. The van der Waals surface area contributed by atoms with Gasteiger partial charge in [-0.2, -0.15) is 0 Å². The van der Waals surface area contributed by atoms with E-state index in [2.05, 4.69) is 136 Å². The smallest absolute Gasteiger partial charge is 0.165 e. The molecule has 0 spiro atoms. The van der Waals surface area contributed by atoms with Gasteiger partial charge in [-0.1, -0.05) is 109 Å². The van der Waals surface area contributed by atoms with Crippen molar-refractivity contribution >= 4 is 81.7 Å². The Morgan fingerprint density at radius 2 is 1.07 bits per heavy atom. The fourth-order valence-corrected chi connectivity index (χ4v) is 7.94. The lowest BCUT2D eigenvalue weighted by atomic mass is 9.99. The molecular formula is C42H24N4. The van der Waals surface area contributed by atoms with E-state index in [9.17, 15) is 0 Å². The summed E-state index contributed by atoms with van der Waals surface area (Å²) in [6.07, 6.45) is 0. The van der Waals surface area contributed by atoms with Crippen molar-refractivity contribution in [3.8, 4) is 17.1 Å². The van der Waals surface area contributed by atoms with E-state index < -0.39 is 0 Å². The first-order valence-electron chi connectivity index (χ1n) is 15.7. The number of benzene rings is 7. The molecule has 0 radical (unpaired) electrons. The summed E-state index contributed by atoms with van der Waals surface area (Å²) in [4.78, 5) is 10.7. The number of aromatic nitrogens is 4. The highest BCUT2D eigenvalue weighted by atomic mass is 15.1. The molecule has 4 heteroatoms. The van der Waals surface area contributed by atoms with Gasteiger partial charge in [0.2, 0.25) is 0 Å². The van der Waals surface area contributed by atoms with Crippen LogP contribution in [0.3, 0.4) is 0 Å². The number of para-hydroxylation sites is 4. The van der Waals surface area contributed by atoms with Crippen LogP contribution in [-0.2, 0) is 0 Å². The first-order valence-corrected chi connectivity index (χ1v) is 15.7. The third-order valence-electron chi connectivity index (χ3n) is 9.80. The van der Waals surface area contributed by atoms with Gasteiger partial charge < -0.3 is 4.40 Å². The van der Waals surface area contributed by atoms with Gasteiger partial charge in [-0.15, -0.1) is 0 Å². The number of hydrogen-bond donors (Lipinski definition) is 0.